The lowest BCUT2D eigenvalue weighted by molar-refractivity contribution is -0.0756. The fourth-order valence-electron chi connectivity index (χ4n) is 2.02. The van der Waals surface area contributed by atoms with E-state index in [0.717, 1.165) is 6.54 Å². The van der Waals surface area contributed by atoms with Crippen molar-refractivity contribution in [1.82, 2.24) is 10.3 Å². The molecule has 2 N–H and O–H groups in total. The Morgan fingerprint density at radius 3 is 2.82 bits per heavy atom. The second-order valence-corrected chi connectivity index (χ2v) is 5.47. The number of nitrogens with zero attached hydrogens (tertiary/aromatic N) is 1. The molecule has 0 unspecified atom stereocenters. The predicted octanol–water partition coefficient (Wildman–Crippen LogP) is 1.42. The number of ether oxygens (including phenoxy) is 1. The van der Waals surface area contributed by atoms with Crippen molar-refractivity contribution in [2.45, 2.75) is 19.3 Å². The van der Waals surface area contributed by atoms with Crippen LogP contribution in [0.5, 0.6) is 0 Å². The summed E-state index contributed by atoms with van der Waals surface area (Å²) in [4.78, 5) is 3.08. The Labute approximate surface area is 102 Å². The van der Waals surface area contributed by atoms with Gasteiger partial charge in [0, 0.05) is 30.9 Å². The van der Waals surface area contributed by atoms with Gasteiger partial charge >= 0.3 is 0 Å². The third kappa shape index (κ3) is 2.51. The first kappa shape index (κ1) is 12.2. The molecule has 0 bridgehead atoms. The molecule has 2 heterocycles. The average molecular weight is 233 g/mol. The van der Waals surface area contributed by atoms with Crippen molar-refractivity contribution >= 4 is 0 Å². The maximum absolute atomic E-state index is 9.07. The molecule has 1 aromatic rings. The van der Waals surface area contributed by atoms with Crippen LogP contribution in [0.3, 0.4) is 0 Å². The average Bonchev–Trinajstić information content (AvgIpc) is 2.76. The SMILES string of the molecule is CC(C)(CNCC1(C#N)COC1)c1cc[nH]c1. The second kappa shape index (κ2) is 4.52. The maximum Gasteiger partial charge on any atom is 0.116 e. The van der Waals surface area contributed by atoms with Crippen molar-refractivity contribution in [3.8, 4) is 6.07 Å². The lowest BCUT2D eigenvalue weighted by Crippen LogP contribution is -2.50. The Balaban J connectivity index is 1.84. The first-order chi connectivity index (χ1) is 8.08. The van der Waals surface area contributed by atoms with Crippen LogP contribution in [0.4, 0.5) is 0 Å². The van der Waals surface area contributed by atoms with Gasteiger partial charge in [0.05, 0.1) is 19.3 Å². The molecule has 0 radical (unpaired) electrons. The van der Waals surface area contributed by atoms with Crippen LogP contribution in [0.1, 0.15) is 19.4 Å². The van der Waals surface area contributed by atoms with E-state index in [0.29, 0.717) is 19.8 Å². The lowest BCUT2D eigenvalue weighted by Gasteiger charge is -2.36. The van der Waals surface area contributed by atoms with E-state index >= 15 is 0 Å². The smallest absolute Gasteiger partial charge is 0.116 e. The third-order valence-corrected chi connectivity index (χ3v) is 3.40. The van der Waals surface area contributed by atoms with Crippen molar-refractivity contribution in [3.05, 3.63) is 24.0 Å². The Kier molecular flexibility index (Phi) is 3.23. The van der Waals surface area contributed by atoms with E-state index in [1.54, 1.807) is 0 Å². The van der Waals surface area contributed by atoms with Gasteiger partial charge in [0.1, 0.15) is 5.41 Å². The summed E-state index contributed by atoms with van der Waals surface area (Å²) >= 11 is 0. The molecule has 1 aliphatic rings. The molecule has 1 saturated heterocycles. The van der Waals surface area contributed by atoms with Crippen LogP contribution in [-0.2, 0) is 10.2 Å². The van der Waals surface area contributed by atoms with E-state index in [9.17, 15) is 0 Å². The number of H-pyrrole nitrogens is 1. The van der Waals surface area contributed by atoms with Crippen molar-refractivity contribution < 1.29 is 4.74 Å². The van der Waals surface area contributed by atoms with Crippen molar-refractivity contribution in [2.24, 2.45) is 5.41 Å². The molecular formula is C13H19N3O. The van der Waals surface area contributed by atoms with Gasteiger partial charge in [-0.1, -0.05) is 13.8 Å². The normalized spacial score (nSPS) is 18.4. The molecule has 4 nitrogen and oxygen atoms in total. The quantitative estimate of drug-likeness (QED) is 0.808. The summed E-state index contributed by atoms with van der Waals surface area (Å²) in [6.07, 6.45) is 3.96. The van der Waals surface area contributed by atoms with Gasteiger partial charge in [-0.15, -0.1) is 0 Å². The van der Waals surface area contributed by atoms with Gasteiger partial charge in [0.25, 0.3) is 0 Å². The van der Waals surface area contributed by atoms with Crippen LogP contribution in [-0.4, -0.2) is 31.3 Å². The Morgan fingerprint density at radius 1 is 1.59 bits per heavy atom. The second-order valence-electron chi connectivity index (χ2n) is 5.47. The monoisotopic (exact) mass is 233 g/mol. The van der Waals surface area contributed by atoms with E-state index in [1.165, 1.54) is 5.56 Å². The van der Waals surface area contributed by atoms with Gasteiger partial charge in [-0.3, -0.25) is 0 Å². The van der Waals surface area contributed by atoms with Crippen molar-refractivity contribution in [1.29, 1.82) is 5.26 Å². The van der Waals surface area contributed by atoms with Crippen LogP contribution in [0.2, 0.25) is 0 Å². The maximum atomic E-state index is 9.07. The molecule has 0 amide bonds. The molecule has 1 fully saturated rings. The number of nitriles is 1. The highest BCUT2D eigenvalue weighted by atomic mass is 16.5. The number of aromatic amines is 1. The molecule has 1 aromatic heterocycles. The van der Waals surface area contributed by atoms with Crippen LogP contribution in [0.25, 0.3) is 0 Å². The molecular weight excluding hydrogens is 214 g/mol. The highest BCUT2D eigenvalue weighted by Crippen LogP contribution is 2.26. The summed E-state index contributed by atoms with van der Waals surface area (Å²) in [5, 5.41) is 12.5. The fraction of sp³-hybridized carbons (Fsp3) is 0.615. The van der Waals surface area contributed by atoms with Gasteiger partial charge in [-0.05, 0) is 11.6 Å². The van der Waals surface area contributed by atoms with E-state index in [4.69, 9.17) is 10.00 Å². The van der Waals surface area contributed by atoms with Crippen LogP contribution in [0, 0.1) is 16.7 Å². The van der Waals surface area contributed by atoms with Crippen LogP contribution in [0.15, 0.2) is 18.5 Å². The van der Waals surface area contributed by atoms with Crippen molar-refractivity contribution in [2.75, 3.05) is 26.3 Å². The standard InChI is InChI=1S/C13H19N3O/c1-12(2,11-3-4-15-5-11)7-16-8-13(6-14)9-17-10-13/h3-5,15-16H,7-10H2,1-2H3. The molecule has 2 rings (SSSR count). The van der Waals surface area contributed by atoms with Gasteiger partial charge < -0.3 is 15.0 Å². The molecule has 0 saturated carbocycles. The zero-order valence-corrected chi connectivity index (χ0v) is 10.4. The summed E-state index contributed by atoms with van der Waals surface area (Å²) in [7, 11) is 0. The molecule has 1 aliphatic heterocycles. The number of hydrogen-bond acceptors (Lipinski definition) is 3. The highest BCUT2D eigenvalue weighted by Gasteiger charge is 2.38. The minimum atomic E-state index is -0.297. The summed E-state index contributed by atoms with van der Waals surface area (Å²) in [5.41, 5.74) is 1.05. The predicted molar refractivity (Wildman–Crippen MR) is 65.6 cm³/mol. The Hall–Kier alpha value is -1.31. The largest absolute Gasteiger partial charge is 0.378 e. The summed E-state index contributed by atoms with van der Waals surface area (Å²) < 4.78 is 5.12. The van der Waals surface area contributed by atoms with Gasteiger partial charge in [-0.2, -0.15) is 5.26 Å². The molecule has 4 heteroatoms. The van der Waals surface area contributed by atoms with E-state index < -0.39 is 0 Å². The van der Waals surface area contributed by atoms with Gasteiger partial charge in [-0.25, -0.2) is 0 Å². The van der Waals surface area contributed by atoms with Gasteiger partial charge in [0.2, 0.25) is 0 Å². The van der Waals surface area contributed by atoms with E-state index in [2.05, 4.69) is 36.3 Å². The third-order valence-electron chi connectivity index (χ3n) is 3.40. The summed E-state index contributed by atoms with van der Waals surface area (Å²) in [6.45, 7) is 7.06. The topological polar surface area (TPSA) is 60.8 Å². The molecule has 0 aliphatic carbocycles. The van der Waals surface area contributed by atoms with E-state index in [-0.39, 0.29) is 10.8 Å². The number of rotatable bonds is 5. The summed E-state index contributed by atoms with van der Waals surface area (Å²) in [6, 6.07) is 4.43. The number of nitrogens with one attached hydrogen (secondary N) is 2. The number of aromatic nitrogens is 1. The molecule has 17 heavy (non-hydrogen) atoms. The van der Waals surface area contributed by atoms with Crippen LogP contribution < -0.4 is 5.32 Å². The zero-order chi connectivity index (χ0) is 12.4. The fourth-order valence-corrected chi connectivity index (χ4v) is 2.02. The Bertz CT molecular complexity index is 399. The molecule has 0 atom stereocenters. The molecule has 0 spiro atoms. The first-order valence-electron chi connectivity index (χ1n) is 5.91. The summed E-state index contributed by atoms with van der Waals surface area (Å²) in [5.74, 6) is 0. The minimum absolute atomic E-state index is 0.0707. The molecule has 92 valence electrons. The molecule has 0 aromatic carbocycles. The van der Waals surface area contributed by atoms with Crippen LogP contribution >= 0.6 is 0 Å². The first-order valence-corrected chi connectivity index (χ1v) is 5.91. The van der Waals surface area contributed by atoms with Gasteiger partial charge in [0.15, 0.2) is 0 Å². The van der Waals surface area contributed by atoms with Crippen molar-refractivity contribution in [3.63, 3.8) is 0 Å². The highest BCUT2D eigenvalue weighted by molar-refractivity contribution is 5.20. The lowest BCUT2D eigenvalue weighted by atomic mass is 9.84. The Morgan fingerprint density at radius 2 is 2.35 bits per heavy atom. The zero-order valence-electron chi connectivity index (χ0n) is 10.4. The van der Waals surface area contributed by atoms with E-state index in [1.807, 2.05) is 12.4 Å². The minimum Gasteiger partial charge on any atom is -0.378 e. The number of hydrogen-bond donors (Lipinski definition) is 2.